The van der Waals surface area contributed by atoms with Gasteiger partial charge in [0.25, 0.3) is 0 Å². The van der Waals surface area contributed by atoms with Crippen LogP contribution in [0, 0.1) is 5.92 Å². The van der Waals surface area contributed by atoms with Gasteiger partial charge in [0.05, 0.1) is 6.10 Å². The first-order valence-corrected chi connectivity index (χ1v) is 8.09. The Labute approximate surface area is 126 Å². The van der Waals surface area contributed by atoms with Crippen LogP contribution in [0.5, 0.6) is 5.75 Å². The van der Waals surface area contributed by atoms with Gasteiger partial charge in [-0.3, -0.25) is 9.88 Å². The zero-order chi connectivity index (χ0) is 16.3. The molecule has 0 bridgehead atoms. The summed E-state index contributed by atoms with van der Waals surface area (Å²) in [5, 5.41) is 21.7. The molecule has 1 aliphatic rings. The van der Waals surface area contributed by atoms with Gasteiger partial charge in [0.2, 0.25) is 0 Å². The van der Waals surface area contributed by atoms with Crippen LogP contribution in [0.25, 0.3) is 0 Å². The summed E-state index contributed by atoms with van der Waals surface area (Å²) < 4.78 is 11.1. The first-order chi connectivity index (χ1) is 10.2. The highest BCUT2D eigenvalue weighted by Crippen LogP contribution is 2.34. The third-order valence-corrected chi connectivity index (χ3v) is 3.72. The third-order valence-electron chi connectivity index (χ3n) is 3.17. The Kier molecular flexibility index (Phi) is 4.83. The summed E-state index contributed by atoms with van der Waals surface area (Å²) in [6, 6.07) is 6.32. The molecule has 5 N–H and O–H groups in total. The zero-order valence-corrected chi connectivity index (χ0v) is 12.4. The molecule has 22 heavy (non-hydrogen) atoms. The van der Waals surface area contributed by atoms with Crippen molar-refractivity contribution in [3.05, 3.63) is 53.8 Å². The minimum atomic E-state index is -4.58. The zero-order valence-electron chi connectivity index (χ0n) is 11.5. The number of allylic oxidation sites excluding steroid dienone is 2. The van der Waals surface area contributed by atoms with Gasteiger partial charge in [-0.1, -0.05) is 18.2 Å². The molecule has 0 saturated carbocycles. The van der Waals surface area contributed by atoms with Crippen LogP contribution >= 0.6 is 7.75 Å². The molecule has 0 amide bonds. The van der Waals surface area contributed by atoms with Crippen molar-refractivity contribution in [2.24, 2.45) is 5.92 Å². The average molecular weight is 325 g/mol. The van der Waals surface area contributed by atoms with E-state index < -0.39 is 25.6 Å². The average Bonchev–Trinajstić information content (AvgIpc) is 2.36. The Hall–Kier alpha value is -1.92. The fourth-order valence-electron chi connectivity index (χ4n) is 2.26. The number of phenolic OH excluding ortho intramolecular Hbond substituents is 1. The topological polar surface area (TPSA) is 127 Å². The molecule has 0 heterocycles. The van der Waals surface area contributed by atoms with E-state index in [-0.39, 0.29) is 17.9 Å². The molecule has 1 aliphatic carbocycles. The maximum absolute atomic E-state index is 11.4. The van der Waals surface area contributed by atoms with Gasteiger partial charge in [0, 0.05) is 17.7 Å². The summed E-state index contributed by atoms with van der Waals surface area (Å²) in [4.78, 5) is 29.3. The molecule has 0 aromatic heterocycles. The minimum absolute atomic E-state index is 0.0338. The maximum atomic E-state index is 11.4. The van der Waals surface area contributed by atoms with Gasteiger partial charge < -0.3 is 20.0 Å². The summed E-state index contributed by atoms with van der Waals surface area (Å²) in [6.45, 7) is 0. The predicted molar refractivity (Wildman–Crippen MR) is 78.7 cm³/mol. The van der Waals surface area contributed by atoms with Crippen LogP contribution in [0.1, 0.15) is 5.56 Å². The molecule has 2 atom stereocenters. The molecule has 7 nitrogen and oxygen atoms in total. The summed E-state index contributed by atoms with van der Waals surface area (Å²) >= 11 is 0. The molecule has 2 unspecified atom stereocenters. The fourth-order valence-corrected chi connectivity index (χ4v) is 2.81. The van der Waals surface area contributed by atoms with E-state index in [2.05, 4.69) is 0 Å². The van der Waals surface area contributed by atoms with Crippen molar-refractivity contribution >= 4 is 13.5 Å². The first-order valence-electron chi connectivity index (χ1n) is 6.48. The second-order valence-corrected chi connectivity index (χ2v) is 6.30. The Morgan fingerprint density at radius 2 is 2.05 bits per heavy atom. The van der Waals surface area contributed by atoms with Crippen LogP contribution in [-0.2, 0) is 15.8 Å². The number of nitrogens with one attached hydrogen (secondary N) is 1. The predicted octanol–water partition coefficient (Wildman–Crippen LogP) is 0.617. The van der Waals surface area contributed by atoms with E-state index in [1.54, 1.807) is 12.1 Å². The number of phenols is 1. The Morgan fingerprint density at radius 3 is 2.68 bits per heavy atom. The molecule has 8 heteroatoms. The monoisotopic (exact) mass is 325 g/mol. The van der Waals surface area contributed by atoms with Gasteiger partial charge in [-0.05, 0) is 30.2 Å². The lowest BCUT2D eigenvalue weighted by atomic mass is 9.89. The molecule has 0 fully saturated rings. The highest BCUT2D eigenvalue weighted by molar-refractivity contribution is 7.49. The number of benzene rings is 1. The van der Waals surface area contributed by atoms with Gasteiger partial charge in [0.15, 0.2) is 5.78 Å². The quantitative estimate of drug-likeness (QED) is 0.502. The molecule has 2 rings (SSSR count). The third kappa shape index (κ3) is 4.54. The Morgan fingerprint density at radius 1 is 1.32 bits per heavy atom. The minimum Gasteiger partial charge on any atom is -0.508 e. The van der Waals surface area contributed by atoms with Crippen molar-refractivity contribution in [3.8, 4) is 5.75 Å². The van der Waals surface area contributed by atoms with Gasteiger partial charge >= 0.3 is 7.75 Å². The van der Waals surface area contributed by atoms with E-state index >= 15 is 0 Å². The van der Waals surface area contributed by atoms with Crippen molar-refractivity contribution < 1.29 is 29.4 Å². The van der Waals surface area contributed by atoms with Crippen LogP contribution in [0.15, 0.2) is 48.2 Å². The lowest BCUT2D eigenvalue weighted by molar-refractivity contribution is -0.110. The lowest BCUT2D eigenvalue weighted by Gasteiger charge is -2.26. The van der Waals surface area contributed by atoms with Crippen LogP contribution in [0.2, 0.25) is 0 Å². The van der Waals surface area contributed by atoms with Gasteiger partial charge in [-0.2, -0.15) is 0 Å². The van der Waals surface area contributed by atoms with E-state index in [0.717, 1.165) is 6.08 Å². The summed E-state index contributed by atoms with van der Waals surface area (Å²) in [5.41, 5.74) is 0.627. The van der Waals surface area contributed by atoms with E-state index in [0.29, 0.717) is 5.56 Å². The smallest absolute Gasteiger partial charge is 0.427 e. The van der Waals surface area contributed by atoms with Gasteiger partial charge in [-0.15, -0.1) is 0 Å². The van der Waals surface area contributed by atoms with Gasteiger partial charge in [0.1, 0.15) is 5.75 Å². The normalized spacial score (nSPS) is 19.7. The number of aliphatic hydroxyl groups is 1. The Bertz CT molecular complexity index is 678. The highest BCUT2D eigenvalue weighted by Gasteiger charge is 2.28. The van der Waals surface area contributed by atoms with Crippen LogP contribution in [0.3, 0.4) is 0 Å². The Balaban J connectivity index is 2.17. The molecular weight excluding hydrogens is 309 g/mol. The lowest BCUT2D eigenvalue weighted by Crippen LogP contribution is -2.30. The fraction of sp³-hybridized carbons (Fsp3) is 0.214. The molecule has 0 aliphatic heterocycles. The molecule has 0 spiro atoms. The van der Waals surface area contributed by atoms with E-state index in [9.17, 15) is 19.6 Å². The van der Waals surface area contributed by atoms with Crippen molar-refractivity contribution in [1.82, 2.24) is 5.09 Å². The van der Waals surface area contributed by atoms with Crippen molar-refractivity contribution in [2.45, 2.75) is 12.5 Å². The van der Waals surface area contributed by atoms with Crippen LogP contribution in [0.4, 0.5) is 0 Å². The number of hydrogen-bond acceptors (Lipinski definition) is 4. The summed E-state index contributed by atoms with van der Waals surface area (Å²) in [6.07, 6.45) is 2.82. The number of ketones is 1. The number of carbonyl (C=O) groups excluding carboxylic acids is 1. The van der Waals surface area contributed by atoms with E-state index in [4.69, 9.17) is 9.79 Å². The highest BCUT2D eigenvalue weighted by atomic mass is 31.2. The molecule has 118 valence electrons. The standard InChI is InChI=1S/C14H16NO6P/c16-10-3-1-2-9(6-10)7-14(18)12-5-4-11(17)8-13(12)15-22(19,20)21/h1-6,8,12,14,16,18H,7H2,(H3,15,19,20,21). The maximum Gasteiger partial charge on any atom is 0.427 e. The number of hydrogen-bond donors (Lipinski definition) is 5. The molecule has 0 saturated heterocycles. The second-order valence-electron chi connectivity index (χ2n) is 4.98. The van der Waals surface area contributed by atoms with E-state index in [1.165, 1.54) is 24.3 Å². The number of rotatable bonds is 5. The first kappa shape index (κ1) is 16.5. The van der Waals surface area contributed by atoms with Crippen molar-refractivity contribution in [1.29, 1.82) is 0 Å². The van der Waals surface area contributed by atoms with E-state index in [1.807, 2.05) is 5.09 Å². The molecule has 1 aromatic carbocycles. The summed E-state index contributed by atoms with van der Waals surface area (Å²) in [5.74, 6) is -1.12. The number of aliphatic hydroxyl groups excluding tert-OH is 1. The van der Waals surface area contributed by atoms with Crippen molar-refractivity contribution in [2.75, 3.05) is 0 Å². The largest absolute Gasteiger partial charge is 0.508 e. The number of carbonyl (C=O) groups is 1. The van der Waals surface area contributed by atoms with Crippen molar-refractivity contribution in [3.63, 3.8) is 0 Å². The molecular formula is C14H16NO6P. The molecule has 0 radical (unpaired) electrons. The SMILES string of the molecule is O=C1C=CC(C(O)Cc2cccc(O)c2)C(NP(=O)(O)O)=C1. The van der Waals surface area contributed by atoms with Crippen LogP contribution < -0.4 is 5.09 Å². The van der Waals surface area contributed by atoms with Gasteiger partial charge in [-0.25, -0.2) is 4.57 Å². The molecule has 1 aromatic rings. The summed E-state index contributed by atoms with van der Waals surface area (Å²) in [7, 11) is -4.58. The second kappa shape index (κ2) is 6.46. The number of aromatic hydroxyl groups is 1. The van der Waals surface area contributed by atoms with Crippen LogP contribution in [-0.4, -0.2) is 31.9 Å².